The summed E-state index contributed by atoms with van der Waals surface area (Å²) >= 11 is 0. The molecule has 0 aliphatic heterocycles. The maximum atomic E-state index is 13.1. The van der Waals surface area contributed by atoms with Gasteiger partial charge in [-0.1, -0.05) is 13.0 Å². The van der Waals surface area contributed by atoms with Crippen molar-refractivity contribution < 1.29 is 12.8 Å². The van der Waals surface area contributed by atoms with E-state index in [2.05, 4.69) is 6.92 Å². The van der Waals surface area contributed by atoms with Crippen LogP contribution in [0.25, 0.3) is 0 Å². The Labute approximate surface area is 83.7 Å². The smallest absolute Gasteiger partial charge is 0.178 e. The van der Waals surface area contributed by atoms with Crippen molar-refractivity contribution in [1.29, 1.82) is 0 Å². The molecular formula is C10H12FO2S. The fourth-order valence-electron chi connectivity index (χ4n) is 1.19. The number of sulfone groups is 1. The molecule has 0 spiro atoms. The fourth-order valence-corrected chi connectivity index (χ4v) is 1.98. The van der Waals surface area contributed by atoms with E-state index in [0.29, 0.717) is 12.8 Å². The SMILES string of the molecule is [CH2]CCc1ccc(F)c(S(C)(=O)=O)c1. The predicted octanol–water partition coefficient (Wildman–Crippen LogP) is 2.00. The standard InChI is InChI=1S/C10H12FO2S/c1-3-4-8-5-6-9(11)10(7-8)14(2,12)13/h5-7H,1,3-4H2,2H3. The van der Waals surface area contributed by atoms with E-state index in [-0.39, 0.29) is 4.90 Å². The molecule has 0 saturated carbocycles. The lowest BCUT2D eigenvalue weighted by atomic mass is 10.1. The van der Waals surface area contributed by atoms with Crippen LogP contribution in [0.2, 0.25) is 0 Å². The molecule has 0 amide bonds. The first-order valence-corrected chi connectivity index (χ1v) is 6.12. The molecule has 0 aromatic heterocycles. The summed E-state index contributed by atoms with van der Waals surface area (Å²) < 4.78 is 35.4. The van der Waals surface area contributed by atoms with E-state index in [9.17, 15) is 12.8 Å². The third-order valence-corrected chi connectivity index (χ3v) is 2.97. The highest BCUT2D eigenvalue weighted by Gasteiger charge is 2.13. The van der Waals surface area contributed by atoms with Crippen LogP contribution in [0.15, 0.2) is 23.1 Å². The molecule has 0 saturated heterocycles. The molecule has 0 aliphatic carbocycles. The van der Waals surface area contributed by atoms with Crippen LogP contribution in [0.4, 0.5) is 4.39 Å². The third kappa shape index (κ3) is 2.54. The van der Waals surface area contributed by atoms with Gasteiger partial charge in [-0.05, 0) is 30.5 Å². The van der Waals surface area contributed by atoms with E-state index in [4.69, 9.17) is 0 Å². The molecule has 0 aliphatic rings. The van der Waals surface area contributed by atoms with Crippen LogP contribution in [0.3, 0.4) is 0 Å². The lowest BCUT2D eigenvalue weighted by Crippen LogP contribution is -2.01. The van der Waals surface area contributed by atoms with Crippen molar-refractivity contribution in [1.82, 2.24) is 0 Å². The van der Waals surface area contributed by atoms with Gasteiger partial charge in [0, 0.05) is 6.26 Å². The Morgan fingerprint density at radius 2 is 2.07 bits per heavy atom. The molecule has 0 bridgehead atoms. The second kappa shape index (κ2) is 4.09. The summed E-state index contributed by atoms with van der Waals surface area (Å²) in [6, 6.07) is 4.13. The van der Waals surface area contributed by atoms with Crippen molar-refractivity contribution in [2.24, 2.45) is 0 Å². The minimum Gasteiger partial charge on any atom is -0.224 e. The summed E-state index contributed by atoms with van der Waals surface area (Å²) in [4.78, 5) is -0.233. The van der Waals surface area contributed by atoms with Crippen molar-refractivity contribution in [3.63, 3.8) is 0 Å². The number of halogens is 1. The second-order valence-corrected chi connectivity index (χ2v) is 5.12. The Kier molecular flexibility index (Phi) is 3.26. The normalized spacial score (nSPS) is 11.6. The van der Waals surface area contributed by atoms with Crippen molar-refractivity contribution in [2.45, 2.75) is 17.7 Å². The van der Waals surface area contributed by atoms with Crippen LogP contribution in [0, 0.1) is 12.7 Å². The average molecular weight is 215 g/mol. The first-order valence-electron chi connectivity index (χ1n) is 4.23. The lowest BCUT2D eigenvalue weighted by Gasteiger charge is -2.03. The Balaban J connectivity index is 3.22. The van der Waals surface area contributed by atoms with Gasteiger partial charge in [0.25, 0.3) is 0 Å². The van der Waals surface area contributed by atoms with Crippen molar-refractivity contribution >= 4 is 9.84 Å². The minimum absolute atomic E-state index is 0.233. The van der Waals surface area contributed by atoms with Gasteiger partial charge in [0.1, 0.15) is 10.7 Å². The van der Waals surface area contributed by atoms with Crippen LogP contribution < -0.4 is 0 Å². The van der Waals surface area contributed by atoms with Gasteiger partial charge < -0.3 is 0 Å². The number of rotatable bonds is 3. The summed E-state index contributed by atoms with van der Waals surface area (Å²) in [6.07, 6.45) is 2.32. The summed E-state index contributed by atoms with van der Waals surface area (Å²) in [6.45, 7) is 3.65. The summed E-state index contributed by atoms with van der Waals surface area (Å²) in [5.74, 6) is -0.694. The van der Waals surface area contributed by atoms with Crippen LogP contribution in [-0.2, 0) is 16.3 Å². The average Bonchev–Trinajstić information content (AvgIpc) is 2.07. The zero-order valence-corrected chi connectivity index (χ0v) is 8.77. The first kappa shape index (κ1) is 11.2. The molecular weight excluding hydrogens is 203 g/mol. The van der Waals surface area contributed by atoms with E-state index in [1.807, 2.05) is 0 Å². The molecule has 0 unspecified atom stereocenters. The minimum atomic E-state index is -3.47. The largest absolute Gasteiger partial charge is 0.224 e. The van der Waals surface area contributed by atoms with Crippen LogP contribution in [0.1, 0.15) is 12.0 Å². The molecule has 1 radical (unpaired) electrons. The van der Waals surface area contributed by atoms with E-state index in [1.165, 1.54) is 12.1 Å². The van der Waals surface area contributed by atoms with Gasteiger partial charge in [-0.15, -0.1) is 0 Å². The maximum absolute atomic E-state index is 13.1. The van der Waals surface area contributed by atoms with Gasteiger partial charge in [-0.2, -0.15) is 0 Å². The van der Waals surface area contributed by atoms with Crippen molar-refractivity contribution in [2.75, 3.05) is 6.26 Å². The van der Waals surface area contributed by atoms with Crippen LogP contribution in [0.5, 0.6) is 0 Å². The number of hydrogen-bond donors (Lipinski definition) is 0. The van der Waals surface area contributed by atoms with Gasteiger partial charge in [0.2, 0.25) is 0 Å². The highest BCUT2D eigenvalue weighted by atomic mass is 32.2. The third-order valence-electron chi connectivity index (χ3n) is 1.86. The fraction of sp³-hybridized carbons (Fsp3) is 0.300. The molecule has 0 atom stereocenters. The highest BCUT2D eigenvalue weighted by molar-refractivity contribution is 7.90. The zero-order valence-electron chi connectivity index (χ0n) is 7.96. The Morgan fingerprint density at radius 1 is 1.43 bits per heavy atom. The maximum Gasteiger partial charge on any atom is 0.178 e. The summed E-state index contributed by atoms with van der Waals surface area (Å²) in [7, 11) is -3.47. The molecule has 0 fully saturated rings. The summed E-state index contributed by atoms with van der Waals surface area (Å²) in [5.41, 5.74) is 0.793. The first-order chi connectivity index (χ1) is 6.45. The van der Waals surface area contributed by atoms with Gasteiger partial charge in [0.05, 0.1) is 0 Å². The van der Waals surface area contributed by atoms with Gasteiger partial charge >= 0.3 is 0 Å². The van der Waals surface area contributed by atoms with Gasteiger partial charge in [0.15, 0.2) is 9.84 Å². The van der Waals surface area contributed by atoms with Crippen LogP contribution in [-0.4, -0.2) is 14.7 Å². The molecule has 2 nitrogen and oxygen atoms in total. The monoisotopic (exact) mass is 215 g/mol. The van der Waals surface area contributed by atoms with Gasteiger partial charge in [-0.25, -0.2) is 12.8 Å². The predicted molar refractivity (Wildman–Crippen MR) is 53.2 cm³/mol. The molecule has 1 aromatic carbocycles. The molecule has 14 heavy (non-hydrogen) atoms. The van der Waals surface area contributed by atoms with E-state index in [1.54, 1.807) is 6.07 Å². The number of hydrogen-bond acceptors (Lipinski definition) is 2. The van der Waals surface area contributed by atoms with E-state index >= 15 is 0 Å². The lowest BCUT2D eigenvalue weighted by molar-refractivity contribution is 0.570. The Morgan fingerprint density at radius 3 is 2.57 bits per heavy atom. The quantitative estimate of drug-likeness (QED) is 0.772. The zero-order chi connectivity index (χ0) is 10.8. The van der Waals surface area contributed by atoms with Crippen LogP contribution >= 0.6 is 0 Å². The molecule has 77 valence electrons. The summed E-state index contributed by atoms with van der Waals surface area (Å²) in [5, 5.41) is 0. The van der Waals surface area contributed by atoms with Crippen molar-refractivity contribution in [3.05, 3.63) is 36.5 Å². The van der Waals surface area contributed by atoms with E-state index < -0.39 is 15.7 Å². The number of aryl methyl sites for hydroxylation is 1. The molecule has 1 aromatic rings. The molecule has 0 N–H and O–H groups in total. The molecule has 1 rings (SSSR count). The van der Waals surface area contributed by atoms with Gasteiger partial charge in [-0.3, -0.25) is 0 Å². The topological polar surface area (TPSA) is 34.1 Å². The second-order valence-electron chi connectivity index (χ2n) is 3.14. The Bertz CT molecular complexity index is 424. The molecule has 0 heterocycles. The molecule has 4 heteroatoms. The highest BCUT2D eigenvalue weighted by Crippen LogP contribution is 2.17. The van der Waals surface area contributed by atoms with Crippen molar-refractivity contribution in [3.8, 4) is 0 Å². The Hall–Kier alpha value is -0.900. The van der Waals surface area contributed by atoms with E-state index in [0.717, 1.165) is 11.8 Å². The number of benzene rings is 1.